The van der Waals surface area contributed by atoms with Crippen LogP contribution < -0.4 is 5.32 Å². The standard InChI is InChI=1S/C21H34N4O4.HI/c1-3-22-21(23-12-8-6-5-7-11-19(26)28-4-2)25-15-13-24(14-16-25)20(27)18-10-9-17-29-18;/h9-10,17H,3-8,11-16H2,1-2H3,(H,22,23);1H. The molecular formula is C21H35IN4O4. The molecule has 0 atom stereocenters. The van der Waals surface area contributed by atoms with Gasteiger partial charge in [0.1, 0.15) is 0 Å². The molecule has 1 aromatic rings. The third-order valence-electron chi connectivity index (χ3n) is 4.79. The maximum absolute atomic E-state index is 12.4. The minimum Gasteiger partial charge on any atom is -0.466 e. The molecule has 8 nitrogen and oxygen atoms in total. The summed E-state index contributed by atoms with van der Waals surface area (Å²) in [6, 6.07) is 3.43. The van der Waals surface area contributed by atoms with Crippen molar-refractivity contribution < 1.29 is 18.7 Å². The van der Waals surface area contributed by atoms with Crippen LogP contribution in [0.1, 0.15) is 56.5 Å². The fraction of sp³-hybridized carbons (Fsp3) is 0.667. The van der Waals surface area contributed by atoms with Crippen LogP contribution >= 0.6 is 24.0 Å². The summed E-state index contributed by atoms with van der Waals surface area (Å²) in [5, 5.41) is 3.35. The van der Waals surface area contributed by atoms with Gasteiger partial charge in [0.15, 0.2) is 11.7 Å². The van der Waals surface area contributed by atoms with E-state index in [2.05, 4.69) is 17.1 Å². The Labute approximate surface area is 196 Å². The van der Waals surface area contributed by atoms with Gasteiger partial charge < -0.3 is 24.3 Å². The van der Waals surface area contributed by atoms with E-state index in [0.717, 1.165) is 57.8 Å². The normalized spacial score (nSPS) is 14.3. The molecule has 1 fully saturated rings. The zero-order valence-corrected chi connectivity index (χ0v) is 20.4. The number of furan rings is 1. The van der Waals surface area contributed by atoms with Crippen molar-refractivity contribution in [2.24, 2.45) is 4.99 Å². The monoisotopic (exact) mass is 534 g/mol. The van der Waals surface area contributed by atoms with Crippen LogP contribution in [0, 0.1) is 0 Å². The van der Waals surface area contributed by atoms with Gasteiger partial charge in [0.05, 0.1) is 12.9 Å². The number of hydrogen-bond donors (Lipinski definition) is 1. The van der Waals surface area contributed by atoms with Crippen molar-refractivity contribution in [1.82, 2.24) is 15.1 Å². The molecule has 1 aliphatic heterocycles. The van der Waals surface area contributed by atoms with Crippen LogP contribution in [0.3, 0.4) is 0 Å². The number of nitrogens with zero attached hydrogens (tertiary/aromatic N) is 3. The van der Waals surface area contributed by atoms with Crippen molar-refractivity contribution in [3.63, 3.8) is 0 Å². The van der Waals surface area contributed by atoms with Gasteiger partial charge in [-0.25, -0.2) is 0 Å². The van der Waals surface area contributed by atoms with Gasteiger partial charge >= 0.3 is 5.97 Å². The quantitative estimate of drug-likeness (QED) is 0.163. The van der Waals surface area contributed by atoms with E-state index in [-0.39, 0.29) is 35.9 Å². The second-order valence-electron chi connectivity index (χ2n) is 6.96. The van der Waals surface area contributed by atoms with Crippen molar-refractivity contribution in [1.29, 1.82) is 0 Å². The number of nitrogens with one attached hydrogen (secondary N) is 1. The van der Waals surface area contributed by atoms with Crippen molar-refractivity contribution in [2.75, 3.05) is 45.9 Å². The Balaban J connectivity index is 0.00000450. The molecule has 1 saturated heterocycles. The summed E-state index contributed by atoms with van der Waals surface area (Å²) in [6.07, 6.45) is 5.95. The van der Waals surface area contributed by atoms with Crippen LogP contribution in [0.4, 0.5) is 0 Å². The first-order chi connectivity index (χ1) is 14.2. The first kappa shape index (κ1) is 26.3. The average molecular weight is 534 g/mol. The maximum atomic E-state index is 12.4. The summed E-state index contributed by atoms with van der Waals surface area (Å²) in [7, 11) is 0. The lowest BCUT2D eigenvalue weighted by Crippen LogP contribution is -2.53. The van der Waals surface area contributed by atoms with Crippen LogP contribution in [0.25, 0.3) is 0 Å². The van der Waals surface area contributed by atoms with E-state index in [1.54, 1.807) is 12.1 Å². The molecule has 0 aromatic carbocycles. The second-order valence-corrected chi connectivity index (χ2v) is 6.96. The number of unbranched alkanes of at least 4 members (excludes halogenated alkanes) is 3. The highest BCUT2D eigenvalue weighted by atomic mass is 127. The van der Waals surface area contributed by atoms with Crippen molar-refractivity contribution in [2.45, 2.75) is 46.0 Å². The number of rotatable bonds is 10. The van der Waals surface area contributed by atoms with Gasteiger partial charge in [0.25, 0.3) is 5.91 Å². The number of guanidine groups is 1. The number of ether oxygens (including phenoxy) is 1. The Kier molecular flexibility index (Phi) is 13.2. The Hall–Kier alpha value is -1.78. The highest BCUT2D eigenvalue weighted by Gasteiger charge is 2.25. The number of amides is 1. The zero-order valence-electron chi connectivity index (χ0n) is 18.1. The SMILES string of the molecule is CCNC(=NCCCCCCC(=O)OCC)N1CCN(C(=O)c2ccco2)CC1.I. The molecule has 0 aliphatic carbocycles. The van der Waals surface area contributed by atoms with E-state index in [1.807, 2.05) is 11.8 Å². The highest BCUT2D eigenvalue weighted by Crippen LogP contribution is 2.10. The zero-order chi connectivity index (χ0) is 20.9. The lowest BCUT2D eigenvalue weighted by atomic mass is 10.1. The van der Waals surface area contributed by atoms with E-state index in [0.29, 0.717) is 31.9 Å². The van der Waals surface area contributed by atoms with Crippen LogP contribution in [0.5, 0.6) is 0 Å². The Morgan fingerprint density at radius 3 is 2.43 bits per heavy atom. The molecule has 0 bridgehead atoms. The highest BCUT2D eigenvalue weighted by molar-refractivity contribution is 14.0. The van der Waals surface area contributed by atoms with Gasteiger partial charge in [-0.1, -0.05) is 12.8 Å². The third-order valence-corrected chi connectivity index (χ3v) is 4.79. The van der Waals surface area contributed by atoms with E-state index in [4.69, 9.17) is 14.1 Å². The van der Waals surface area contributed by atoms with Gasteiger partial charge in [-0.3, -0.25) is 14.6 Å². The Morgan fingerprint density at radius 1 is 1.10 bits per heavy atom. The Morgan fingerprint density at radius 2 is 1.80 bits per heavy atom. The fourth-order valence-corrected chi connectivity index (χ4v) is 3.26. The van der Waals surface area contributed by atoms with Crippen LogP contribution in [0.2, 0.25) is 0 Å². The average Bonchev–Trinajstić information content (AvgIpc) is 3.27. The van der Waals surface area contributed by atoms with Crippen LogP contribution in [-0.2, 0) is 9.53 Å². The van der Waals surface area contributed by atoms with Gasteiger partial charge in [0, 0.05) is 45.7 Å². The van der Waals surface area contributed by atoms with Crippen LogP contribution in [-0.4, -0.2) is 73.5 Å². The minimum atomic E-state index is -0.107. The van der Waals surface area contributed by atoms with E-state index in [9.17, 15) is 9.59 Å². The lowest BCUT2D eigenvalue weighted by Gasteiger charge is -2.36. The molecule has 30 heavy (non-hydrogen) atoms. The molecule has 2 rings (SSSR count). The number of esters is 1. The molecule has 170 valence electrons. The first-order valence-corrected chi connectivity index (χ1v) is 10.7. The topological polar surface area (TPSA) is 87.4 Å². The number of piperazine rings is 1. The van der Waals surface area contributed by atoms with E-state index >= 15 is 0 Å². The van der Waals surface area contributed by atoms with Crippen LogP contribution in [0.15, 0.2) is 27.8 Å². The largest absolute Gasteiger partial charge is 0.466 e. The number of halogens is 1. The molecule has 1 N–H and O–H groups in total. The number of carbonyl (C=O) groups is 2. The van der Waals surface area contributed by atoms with Gasteiger partial charge in [0.2, 0.25) is 0 Å². The smallest absolute Gasteiger partial charge is 0.305 e. The number of carbonyl (C=O) groups excluding carboxylic acids is 2. The maximum Gasteiger partial charge on any atom is 0.305 e. The molecule has 1 aliphatic rings. The predicted octanol–water partition coefficient (Wildman–Crippen LogP) is 3.13. The summed E-state index contributed by atoms with van der Waals surface area (Å²) in [5.41, 5.74) is 0. The molecule has 1 amide bonds. The summed E-state index contributed by atoms with van der Waals surface area (Å²) < 4.78 is 10.1. The third kappa shape index (κ3) is 8.93. The van der Waals surface area contributed by atoms with Crippen molar-refractivity contribution >= 4 is 41.8 Å². The molecule has 1 aromatic heterocycles. The second kappa shape index (κ2) is 15.1. The lowest BCUT2D eigenvalue weighted by molar-refractivity contribution is -0.143. The molecule has 0 unspecified atom stereocenters. The van der Waals surface area contributed by atoms with E-state index < -0.39 is 0 Å². The molecule has 0 radical (unpaired) electrons. The molecule has 0 spiro atoms. The summed E-state index contributed by atoms with van der Waals surface area (Å²) in [6.45, 7) is 8.70. The fourth-order valence-electron chi connectivity index (χ4n) is 3.26. The minimum absolute atomic E-state index is 0. The Bertz CT molecular complexity index is 643. The summed E-state index contributed by atoms with van der Waals surface area (Å²) >= 11 is 0. The van der Waals surface area contributed by atoms with Gasteiger partial charge in [-0.15, -0.1) is 24.0 Å². The van der Waals surface area contributed by atoms with Gasteiger partial charge in [-0.2, -0.15) is 0 Å². The molecule has 0 saturated carbocycles. The molecule has 9 heteroatoms. The first-order valence-electron chi connectivity index (χ1n) is 10.7. The predicted molar refractivity (Wildman–Crippen MR) is 127 cm³/mol. The summed E-state index contributed by atoms with van der Waals surface area (Å²) in [5.74, 6) is 1.13. The van der Waals surface area contributed by atoms with E-state index in [1.165, 1.54) is 6.26 Å². The number of hydrogen-bond acceptors (Lipinski definition) is 5. The van der Waals surface area contributed by atoms with Crippen molar-refractivity contribution in [3.05, 3.63) is 24.2 Å². The van der Waals surface area contributed by atoms with Crippen molar-refractivity contribution in [3.8, 4) is 0 Å². The van der Waals surface area contributed by atoms with Gasteiger partial charge in [-0.05, 0) is 38.8 Å². The molecule has 2 heterocycles. The summed E-state index contributed by atoms with van der Waals surface area (Å²) in [4.78, 5) is 32.5. The number of aliphatic imine (C=N–C) groups is 1. The molecular weight excluding hydrogens is 499 g/mol.